The predicted molar refractivity (Wildman–Crippen MR) is 182 cm³/mol. The van der Waals surface area contributed by atoms with Crippen molar-refractivity contribution in [2.75, 3.05) is 6.61 Å². The van der Waals surface area contributed by atoms with Gasteiger partial charge in [0, 0.05) is 15.6 Å². The molecule has 0 radical (unpaired) electrons. The summed E-state index contributed by atoms with van der Waals surface area (Å²) in [6.45, 7) is 2.28. The van der Waals surface area contributed by atoms with Crippen molar-refractivity contribution in [3.8, 4) is 5.75 Å². The lowest BCUT2D eigenvalue weighted by Gasteiger charge is -2.25. The highest BCUT2D eigenvalue weighted by Crippen LogP contribution is 2.35. The first kappa shape index (κ1) is 31.0. The van der Waals surface area contributed by atoms with Crippen LogP contribution in [-0.2, 0) is 16.1 Å². The predicted octanol–water partition coefficient (Wildman–Crippen LogP) is 7.58. The standard InChI is InChI=1S/C35H25BrCl2N2O4S/c1-2-43-34(42)30-31(23-8-4-3-5-9-23)39-35-40(32(30)24-12-14-25(37)15-13-24)33(41)29(45-35)19-21-11-16-28(27(36)18-21)44-20-22-7-6-10-26(38)17-22/h3-19,32H,2,20H2,1H3/b29-19-/t32-/m0/s1. The van der Waals surface area contributed by atoms with Crippen molar-refractivity contribution in [2.45, 2.75) is 19.6 Å². The van der Waals surface area contributed by atoms with Crippen LogP contribution in [0.15, 0.2) is 117 Å². The Bertz CT molecular complexity index is 2110. The molecule has 0 spiro atoms. The fraction of sp³-hybridized carbons (Fsp3) is 0.114. The Labute approximate surface area is 281 Å². The highest BCUT2D eigenvalue weighted by atomic mass is 79.9. The average Bonchev–Trinajstić information content (AvgIpc) is 3.35. The molecule has 0 aliphatic carbocycles. The SMILES string of the molecule is CCOC(=O)C1=C(c2ccccc2)N=c2s/c(=C\c3ccc(OCc4cccc(Cl)c4)c(Br)c3)c(=O)n2[C@H]1c1ccc(Cl)cc1. The summed E-state index contributed by atoms with van der Waals surface area (Å²) in [6.07, 6.45) is 1.81. The molecule has 1 aliphatic heterocycles. The number of carbonyl (C=O) groups is 1. The van der Waals surface area contributed by atoms with Crippen LogP contribution in [0.2, 0.25) is 10.0 Å². The molecule has 1 aromatic heterocycles. The van der Waals surface area contributed by atoms with Crippen molar-refractivity contribution in [2.24, 2.45) is 4.99 Å². The van der Waals surface area contributed by atoms with E-state index < -0.39 is 12.0 Å². The lowest BCUT2D eigenvalue weighted by Crippen LogP contribution is -2.40. The molecular weight excluding hydrogens is 695 g/mol. The largest absolute Gasteiger partial charge is 0.488 e. The Morgan fingerprint density at radius 3 is 2.47 bits per heavy atom. The first-order valence-corrected chi connectivity index (χ1v) is 16.4. The number of hydrogen-bond acceptors (Lipinski definition) is 6. The molecule has 0 fully saturated rings. The summed E-state index contributed by atoms with van der Waals surface area (Å²) in [4.78, 5) is 33.0. The number of esters is 1. The molecule has 0 saturated carbocycles. The Kier molecular flexibility index (Phi) is 9.37. The van der Waals surface area contributed by atoms with Crippen molar-refractivity contribution in [1.29, 1.82) is 0 Å². The molecule has 226 valence electrons. The van der Waals surface area contributed by atoms with E-state index in [-0.39, 0.29) is 17.7 Å². The molecule has 5 aromatic rings. The van der Waals surface area contributed by atoms with Crippen LogP contribution in [0.25, 0.3) is 11.8 Å². The summed E-state index contributed by atoms with van der Waals surface area (Å²) >= 11 is 17.2. The van der Waals surface area contributed by atoms with E-state index in [0.717, 1.165) is 21.2 Å². The fourth-order valence-electron chi connectivity index (χ4n) is 5.06. The van der Waals surface area contributed by atoms with Gasteiger partial charge in [0.1, 0.15) is 12.4 Å². The molecule has 0 N–H and O–H groups in total. The monoisotopic (exact) mass is 718 g/mol. The van der Waals surface area contributed by atoms with E-state index >= 15 is 0 Å². The molecule has 45 heavy (non-hydrogen) atoms. The summed E-state index contributed by atoms with van der Waals surface area (Å²) in [5.41, 5.74) is 3.67. The first-order chi connectivity index (χ1) is 21.8. The van der Waals surface area contributed by atoms with Gasteiger partial charge >= 0.3 is 5.97 Å². The van der Waals surface area contributed by atoms with Gasteiger partial charge < -0.3 is 9.47 Å². The number of halogens is 3. The van der Waals surface area contributed by atoms with E-state index in [2.05, 4.69) is 15.9 Å². The van der Waals surface area contributed by atoms with Crippen LogP contribution in [0.1, 0.15) is 35.2 Å². The zero-order chi connectivity index (χ0) is 31.5. The summed E-state index contributed by atoms with van der Waals surface area (Å²) in [5, 5.41) is 1.19. The van der Waals surface area contributed by atoms with Gasteiger partial charge in [-0.15, -0.1) is 0 Å². The number of aromatic nitrogens is 1. The van der Waals surface area contributed by atoms with E-state index in [4.69, 9.17) is 37.7 Å². The average molecular weight is 720 g/mol. The molecule has 0 unspecified atom stereocenters. The smallest absolute Gasteiger partial charge is 0.338 e. The van der Waals surface area contributed by atoms with Crippen molar-refractivity contribution >= 4 is 68.2 Å². The normalized spacial score (nSPS) is 14.6. The number of fused-ring (bicyclic) bond motifs is 1. The van der Waals surface area contributed by atoms with Crippen molar-refractivity contribution in [1.82, 2.24) is 4.57 Å². The maximum atomic E-state index is 14.1. The van der Waals surface area contributed by atoms with Gasteiger partial charge in [0.05, 0.1) is 32.9 Å². The Morgan fingerprint density at radius 2 is 1.76 bits per heavy atom. The molecule has 10 heteroatoms. The van der Waals surface area contributed by atoms with Crippen molar-refractivity contribution < 1.29 is 14.3 Å². The molecule has 0 bridgehead atoms. The molecule has 6 rings (SSSR count). The van der Waals surface area contributed by atoms with Crippen LogP contribution in [0.3, 0.4) is 0 Å². The topological polar surface area (TPSA) is 69.9 Å². The molecule has 6 nitrogen and oxygen atoms in total. The van der Waals surface area contributed by atoms with Crippen LogP contribution >= 0.6 is 50.5 Å². The van der Waals surface area contributed by atoms with Crippen LogP contribution in [0.4, 0.5) is 0 Å². The Morgan fingerprint density at radius 1 is 0.978 bits per heavy atom. The molecule has 4 aromatic carbocycles. The number of hydrogen-bond donors (Lipinski definition) is 0. The van der Waals surface area contributed by atoms with Gasteiger partial charge in [-0.05, 0) is 82.0 Å². The molecule has 0 amide bonds. The number of ether oxygens (including phenoxy) is 2. The number of nitrogens with zero attached hydrogens (tertiary/aromatic N) is 2. The van der Waals surface area contributed by atoms with E-state index in [1.54, 1.807) is 23.6 Å². The van der Waals surface area contributed by atoms with Gasteiger partial charge in [-0.1, -0.05) is 95.2 Å². The maximum absolute atomic E-state index is 14.1. The lowest BCUT2D eigenvalue weighted by molar-refractivity contribution is -0.138. The summed E-state index contributed by atoms with van der Waals surface area (Å²) in [6, 6.07) is 28.9. The minimum Gasteiger partial charge on any atom is -0.488 e. The molecule has 0 saturated heterocycles. The third-order valence-electron chi connectivity index (χ3n) is 7.10. The number of rotatable bonds is 8. The second-order valence-corrected chi connectivity index (χ2v) is 12.8. The van der Waals surface area contributed by atoms with Gasteiger partial charge in [0.2, 0.25) is 0 Å². The highest BCUT2D eigenvalue weighted by Gasteiger charge is 2.35. The van der Waals surface area contributed by atoms with Crippen LogP contribution < -0.4 is 19.6 Å². The zero-order valence-corrected chi connectivity index (χ0v) is 27.8. The quantitative estimate of drug-likeness (QED) is 0.155. The van der Waals surface area contributed by atoms with Crippen molar-refractivity contribution in [3.63, 3.8) is 0 Å². The molecule has 1 atom stereocenters. The molecule has 1 aliphatic rings. The third-order valence-corrected chi connectivity index (χ3v) is 9.19. The second-order valence-electron chi connectivity index (χ2n) is 10.1. The van der Waals surface area contributed by atoms with Crippen LogP contribution in [0.5, 0.6) is 5.75 Å². The van der Waals surface area contributed by atoms with Gasteiger partial charge in [-0.2, -0.15) is 0 Å². The third kappa shape index (κ3) is 6.70. The van der Waals surface area contributed by atoms with Gasteiger partial charge in [-0.25, -0.2) is 9.79 Å². The number of thiazole rings is 1. The van der Waals surface area contributed by atoms with Crippen molar-refractivity contribution in [3.05, 3.63) is 159 Å². The first-order valence-electron chi connectivity index (χ1n) is 14.0. The highest BCUT2D eigenvalue weighted by molar-refractivity contribution is 9.10. The maximum Gasteiger partial charge on any atom is 0.338 e. The fourth-order valence-corrected chi connectivity index (χ4v) is 6.91. The number of carbonyl (C=O) groups excluding carboxylic acids is 1. The lowest BCUT2D eigenvalue weighted by atomic mass is 9.93. The summed E-state index contributed by atoms with van der Waals surface area (Å²) < 4.78 is 14.3. The van der Waals surface area contributed by atoms with Crippen LogP contribution in [-0.4, -0.2) is 17.1 Å². The summed E-state index contributed by atoms with van der Waals surface area (Å²) in [7, 11) is 0. The minimum absolute atomic E-state index is 0.176. The minimum atomic E-state index is -0.774. The Hall–Kier alpha value is -3.95. The summed E-state index contributed by atoms with van der Waals surface area (Å²) in [5.74, 6) is 0.120. The van der Waals surface area contributed by atoms with E-state index in [9.17, 15) is 9.59 Å². The zero-order valence-electron chi connectivity index (χ0n) is 23.9. The van der Waals surface area contributed by atoms with Crippen LogP contribution in [0, 0.1) is 0 Å². The second kappa shape index (κ2) is 13.6. The van der Waals surface area contributed by atoms with E-state index in [0.29, 0.717) is 43.0 Å². The molecule has 2 heterocycles. The van der Waals surface area contributed by atoms with Gasteiger partial charge in [0.15, 0.2) is 4.80 Å². The molecular formula is C35H25BrCl2N2O4S. The number of benzene rings is 4. The van der Waals surface area contributed by atoms with E-state index in [1.807, 2.05) is 91.0 Å². The van der Waals surface area contributed by atoms with Gasteiger partial charge in [-0.3, -0.25) is 9.36 Å². The van der Waals surface area contributed by atoms with Gasteiger partial charge in [0.25, 0.3) is 5.56 Å². The van der Waals surface area contributed by atoms with E-state index in [1.165, 1.54) is 11.3 Å². The Balaban J connectivity index is 1.45.